The number of nitrogens with zero attached hydrogens (tertiary/aromatic N) is 1. The van der Waals surface area contributed by atoms with Gasteiger partial charge in [-0.2, -0.15) is 0 Å². The van der Waals surface area contributed by atoms with Crippen LogP contribution in [0.2, 0.25) is 0 Å². The number of rotatable bonds is 1. The highest BCUT2D eigenvalue weighted by atomic mass is 79.9. The van der Waals surface area contributed by atoms with Crippen LogP contribution in [0, 0.1) is 5.92 Å². The molecule has 0 radical (unpaired) electrons. The highest BCUT2D eigenvalue weighted by Crippen LogP contribution is 2.67. The maximum atomic E-state index is 12.6. The van der Waals surface area contributed by atoms with Gasteiger partial charge in [0.15, 0.2) is 0 Å². The minimum atomic E-state index is 0.128. The molecule has 1 spiro atoms. The summed E-state index contributed by atoms with van der Waals surface area (Å²) in [5.41, 5.74) is 7.41. The number of anilines is 1. The molecule has 2 saturated carbocycles. The van der Waals surface area contributed by atoms with Crippen LogP contribution in [0.3, 0.4) is 0 Å². The molecule has 3 atom stereocenters. The quantitative estimate of drug-likeness (QED) is 0.640. The maximum absolute atomic E-state index is 12.6. The van der Waals surface area contributed by atoms with Crippen molar-refractivity contribution in [3.8, 4) is 0 Å². The number of carbonyl (C=O) groups excluding carboxylic acids is 1. The van der Waals surface area contributed by atoms with E-state index in [4.69, 9.17) is 5.73 Å². The van der Waals surface area contributed by atoms with Crippen LogP contribution < -0.4 is 5.73 Å². The van der Waals surface area contributed by atoms with Crippen molar-refractivity contribution in [1.82, 2.24) is 4.90 Å². The van der Waals surface area contributed by atoms with Crippen molar-refractivity contribution < 1.29 is 4.79 Å². The molecule has 1 aliphatic heterocycles. The number of nitrogen functional groups attached to an aromatic ring is 1. The summed E-state index contributed by atoms with van der Waals surface area (Å²) in [6.07, 6.45) is 4.99. The van der Waals surface area contributed by atoms with Gasteiger partial charge in [-0.25, -0.2) is 0 Å². The number of amides is 1. The fourth-order valence-corrected chi connectivity index (χ4v) is 4.48. The second-order valence-corrected chi connectivity index (χ2v) is 6.64. The van der Waals surface area contributed by atoms with Gasteiger partial charge in [-0.1, -0.05) is 15.9 Å². The number of piperidine rings is 1. The van der Waals surface area contributed by atoms with Gasteiger partial charge in [0, 0.05) is 10.2 Å². The zero-order chi connectivity index (χ0) is 12.5. The van der Waals surface area contributed by atoms with E-state index in [2.05, 4.69) is 20.8 Å². The molecule has 1 heterocycles. The summed E-state index contributed by atoms with van der Waals surface area (Å²) in [4.78, 5) is 14.7. The smallest absolute Gasteiger partial charge is 0.256 e. The first kappa shape index (κ1) is 10.9. The highest BCUT2D eigenvalue weighted by Gasteiger charge is 2.75. The summed E-state index contributed by atoms with van der Waals surface area (Å²) in [5, 5.41) is 0. The highest BCUT2D eigenvalue weighted by molar-refractivity contribution is 9.10. The molecule has 1 saturated heterocycles. The molecule has 4 heteroatoms. The van der Waals surface area contributed by atoms with Crippen molar-refractivity contribution in [3.63, 3.8) is 0 Å². The summed E-state index contributed by atoms with van der Waals surface area (Å²) < 4.78 is 0.912. The van der Waals surface area contributed by atoms with Gasteiger partial charge < -0.3 is 10.6 Å². The lowest BCUT2D eigenvalue weighted by molar-refractivity contribution is 0.0740. The molecule has 0 aromatic heterocycles. The normalized spacial score (nSPS) is 35.7. The lowest BCUT2D eigenvalue weighted by Crippen LogP contribution is -2.39. The molecule has 18 heavy (non-hydrogen) atoms. The second kappa shape index (κ2) is 3.29. The molecule has 1 amide bonds. The first-order valence-corrected chi connectivity index (χ1v) is 7.32. The number of hydrogen-bond donors (Lipinski definition) is 1. The predicted octanol–water partition coefficient (Wildman–Crippen LogP) is 2.80. The van der Waals surface area contributed by atoms with Crippen LogP contribution in [-0.2, 0) is 0 Å². The summed E-state index contributed by atoms with van der Waals surface area (Å²) in [7, 11) is 0. The van der Waals surface area contributed by atoms with Gasteiger partial charge in [-0.3, -0.25) is 4.79 Å². The van der Waals surface area contributed by atoms with Gasteiger partial charge >= 0.3 is 0 Å². The fraction of sp³-hybridized carbons (Fsp3) is 0.500. The molecular formula is C14H15BrN2O. The Morgan fingerprint density at radius 3 is 2.89 bits per heavy atom. The molecule has 2 aliphatic carbocycles. The number of likely N-dealkylation sites (tertiary alicyclic amines) is 1. The zero-order valence-electron chi connectivity index (χ0n) is 10.0. The van der Waals surface area contributed by atoms with E-state index in [0.29, 0.717) is 17.3 Å². The first-order valence-electron chi connectivity index (χ1n) is 6.53. The third kappa shape index (κ3) is 1.12. The Bertz CT molecular complexity index is 559. The number of nitrogens with two attached hydrogens (primary N) is 1. The summed E-state index contributed by atoms with van der Waals surface area (Å²) in [6, 6.07) is 6.02. The molecule has 94 valence electrons. The van der Waals surface area contributed by atoms with Gasteiger partial charge in [0.1, 0.15) is 0 Å². The number of carbonyl (C=O) groups is 1. The minimum Gasteiger partial charge on any atom is -0.398 e. The Kier molecular flexibility index (Phi) is 1.99. The van der Waals surface area contributed by atoms with Crippen LogP contribution in [0.1, 0.15) is 36.0 Å². The Morgan fingerprint density at radius 1 is 1.39 bits per heavy atom. The van der Waals surface area contributed by atoms with E-state index in [1.807, 2.05) is 12.1 Å². The molecule has 3 nitrogen and oxygen atoms in total. The van der Waals surface area contributed by atoms with Crippen LogP contribution in [0.4, 0.5) is 5.69 Å². The van der Waals surface area contributed by atoms with Gasteiger partial charge in [0.2, 0.25) is 0 Å². The van der Waals surface area contributed by atoms with E-state index in [-0.39, 0.29) is 11.4 Å². The lowest BCUT2D eigenvalue weighted by Gasteiger charge is -2.35. The Balaban J connectivity index is 1.67. The first-order chi connectivity index (χ1) is 8.64. The average Bonchev–Trinajstić information content (AvgIpc) is 2.95. The van der Waals surface area contributed by atoms with Crippen molar-refractivity contribution in [2.75, 3.05) is 5.73 Å². The lowest BCUT2D eigenvalue weighted by atomic mass is 9.74. The molecule has 4 rings (SSSR count). The third-order valence-corrected chi connectivity index (χ3v) is 5.62. The Hall–Kier alpha value is -1.03. The average molecular weight is 307 g/mol. The van der Waals surface area contributed by atoms with Crippen molar-refractivity contribution in [2.45, 2.75) is 37.3 Å². The second-order valence-electron chi connectivity index (χ2n) is 5.73. The number of benzene rings is 1. The SMILES string of the molecule is Nc1ccc(Br)cc1C(=O)N1C2CCC3CCC321. The Labute approximate surface area is 114 Å². The summed E-state index contributed by atoms with van der Waals surface area (Å²) >= 11 is 3.41. The van der Waals surface area contributed by atoms with Gasteiger partial charge in [0.25, 0.3) is 5.91 Å². The summed E-state index contributed by atoms with van der Waals surface area (Å²) in [6.45, 7) is 0. The topological polar surface area (TPSA) is 46.1 Å². The monoisotopic (exact) mass is 306 g/mol. The largest absolute Gasteiger partial charge is 0.398 e. The predicted molar refractivity (Wildman–Crippen MR) is 73.2 cm³/mol. The number of hydrogen-bond acceptors (Lipinski definition) is 2. The van der Waals surface area contributed by atoms with E-state index in [1.165, 1.54) is 25.7 Å². The van der Waals surface area contributed by atoms with Crippen LogP contribution in [0.25, 0.3) is 0 Å². The van der Waals surface area contributed by atoms with Crippen molar-refractivity contribution in [3.05, 3.63) is 28.2 Å². The maximum Gasteiger partial charge on any atom is 0.256 e. The molecule has 3 fully saturated rings. The van der Waals surface area contributed by atoms with E-state index < -0.39 is 0 Å². The van der Waals surface area contributed by atoms with Gasteiger partial charge in [0.05, 0.1) is 17.1 Å². The van der Waals surface area contributed by atoms with Crippen LogP contribution in [-0.4, -0.2) is 22.4 Å². The van der Waals surface area contributed by atoms with E-state index in [9.17, 15) is 4.79 Å². The van der Waals surface area contributed by atoms with Gasteiger partial charge in [-0.05, 0) is 49.8 Å². The minimum absolute atomic E-state index is 0.128. The van der Waals surface area contributed by atoms with Crippen molar-refractivity contribution >= 4 is 27.5 Å². The molecule has 2 N–H and O–H groups in total. The van der Waals surface area contributed by atoms with Crippen LogP contribution in [0.5, 0.6) is 0 Å². The van der Waals surface area contributed by atoms with Gasteiger partial charge in [-0.15, -0.1) is 0 Å². The van der Waals surface area contributed by atoms with Crippen molar-refractivity contribution in [1.29, 1.82) is 0 Å². The third-order valence-electron chi connectivity index (χ3n) is 5.12. The molecule has 3 aliphatic rings. The van der Waals surface area contributed by atoms with Crippen LogP contribution in [0.15, 0.2) is 22.7 Å². The van der Waals surface area contributed by atoms with E-state index in [1.54, 1.807) is 6.07 Å². The number of halogens is 1. The van der Waals surface area contributed by atoms with E-state index in [0.717, 1.165) is 10.4 Å². The molecule has 1 aromatic carbocycles. The molecule has 1 aromatic rings. The van der Waals surface area contributed by atoms with Crippen LogP contribution >= 0.6 is 15.9 Å². The fourth-order valence-electron chi connectivity index (χ4n) is 4.12. The van der Waals surface area contributed by atoms with E-state index >= 15 is 0 Å². The zero-order valence-corrected chi connectivity index (χ0v) is 11.6. The Morgan fingerprint density at radius 2 is 2.22 bits per heavy atom. The molecule has 3 unspecified atom stereocenters. The molecule has 0 bridgehead atoms. The standard InChI is InChI=1S/C14H15BrN2O/c15-9-2-3-11(16)10(7-9)13(18)17-12-4-1-8-5-6-14(8,12)17/h2-3,7-8,12H,1,4-6,16H2. The molecular weight excluding hydrogens is 292 g/mol. The van der Waals surface area contributed by atoms with Crippen molar-refractivity contribution in [2.24, 2.45) is 5.92 Å². The summed E-state index contributed by atoms with van der Waals surface area (Å²) in [5.74, 6) is 0.892.